The second kappa shape index (κ2) is 7.46. The van der Waals surface area contributed by atoms with Gasteiger partial charge in [-0.25, -0.2) is 8.78 Å². The first-order valence-electron chi connectivity index (χ1n) is 5.49. The Balaban J connectivity index is 0.000000211. The number of phenols is 1. The second-order valence-electron chi connectivity index (χ2n) is 3.78. The lowest BCUT2D eigenvalue weighted by molar-refractivity contribution is 0.387. The summed E-state index contributed by atoms with van der Waals surface area (Å²) in [4.78, 5) is 0. The zero-order valence-corrected chi connectivity index (χ0v) is 14.0. The van der Waals surface area contributed by atoms with Crippen LogP contribution in [0, 0.1) is 11.6 Å². The van der Waals surface area contributed by atoms with Crippen LogP contribution in [-0.2, 0) is 0 Å². The Morgan fingerprint density at radius 1 is 0.952 bits per heavy atom. The number of hydrogen-bond acceptors (Lipinski definition) is 4. The number of benzene rings is 2. The molecular weight excluding hydrogens is 414 g/mol. The van der Waals surface area contributed by atoms with Crippen LogP contribution in [0.25, 0.3) is 0 Å². The van der Waals surface area contributed by atoms with Crippen LogP contribution < -0.4 is 16.2 Å². The Labute approximate surface area is 137 Å². The minimum absolute atomic E-state index is 0.0423. The molecule has 0 heterocycles. The molecule has 0 spiro atoms. The van der Waals surface area contributed by atoms with Crippen LogP contribution in [0.2, 0.25) is 0 Å². The summed E-state index contributed by atoms with van der Waals surface area (Å²) in [6.45, 7) is 0. The van der Waals surface area contributed by atoms with E-state index < -0.39 is 17.4 Å². The molecule has 0 amide bonds. The fourth-order valence-electron chi connectivity index (χ4n) is 1.31. The zero-order chi connectivity index (χ0) is 16.2. The molecule has 0 fully saturated rings. The van der Waals surface area contributed by atoms with Crippen molar-refractivity contribution in [2.45, 2.75) is 0 Å². The molecule has 0 radical (unpaired) electrons. The topological polar surface area (TPSA) is 81.5 Å². The van der Waals surface area contributed by atoms with E-state index in [1.54, 1.807) is 6.07 Å². The highest BCUT2D eigenvalue weighted by Crippen LogP contribution is 2.30. The highest BCUT2D eigenvalue weighted by Gasteiger charge is 2.09. The lowest BCUT2D eigenvalue weighted by atomic mass is 10.3. The minimum atomic E-state index is -0.722. The summed E-state index contributed by atoms with van der Waals surface area (Å²) in [5.74, 6) is -1.61. The number of phenolic OH excluding ortho intramolecular Hbond substituents is 1. The Kier molecular flexibility index (Phi) is 6.22. The molecular formula is C13H12Br2F2N2O2. The average molecular weight is 426 g/mol. The van der Waals surface area contributed by atoms with Crippen LogP contribution >= 0.6 is 31.9 Å². The summed E-state index contributed by atoms with van der Waals surface area (Å²) in [7, 11) is 1.38. The number of ether oxygens (including phenoxy) is 1. The Morgan fingerprint density at radius 3 is 1.86 bits per heavy atom. The summed E-state index contributed by atoms with van der Waals surface area (Å²) in [5, 5.41) is 8.86. The van der Waals surface area contributed by atoms with E-state index in [-0.39, 0.29) is 15.9 Å². The maximum absolute atomic E-state index is 13.0. The molecule has 2 aromatic carbocycles. The third kappa shape index (κ3) is 4.21. The van der Waals surface area contributed by atoms with E-state index in [1.807, 2.05) is 0 Å². The Hall–Kier alpha value is -1.54. The molecule has 5 N–H and O–H groups in total. The molecule has 0 atom stereocenters. The average Bonchev–Trinajstić information content (AvgIpc) is 2.46. The largest absolute Gasteiger partial charge is 0.503 e. The van der Waals surface area contributed by atoms with Gasteiger partial charge in [0.05, 0.1) is 27.4 Å². The van der Waals surface area contributed by atoms with Gasteiger partial charge in [-0.2, -0.15) is 0 Å². The van der Waals surface area contributed by atoms with Crippen molar-refractivity contribution in [3.63, 3.8) is 0 Å². The molecule has 8 heteroatoms. The van der Waals surface area contributed by atoms with Gasteiger partial charge >= 0.3 is 0 Å². The third-order valence-corrected chi connectivity index (χ3v) is 3.61. The van der Waals surface area contributed by atoms with Crippen molar-refractivity contribution in [1.29, 1.82) is 0 Å². The first-order valence-corrected chi connectivity index (χ1v) is 7.08. The molecule has 114 valence electrons. The molecule has 2 rings (SSSR count). The summed E-state index contributed by atoms with van der Waals surface area (Å²) in [6.07, 6.45) is 0. The number of nitrogens with two attached hydrogens (primary N) is 2. The highest BCUT2D eigenvalue weighted by atomic mass is 79.9. The van der Waals surface area contributed by atoms with E-state index in [0.717, 1.165) is 0 Å². The molecule has 21 heavy (non-hydrogen) atoms. The van der Waals surface area contributed by atoms with E-state index in [2.05, 4.69) is 31.9 Å². The standard InChI is InChI=1S/C7H7BrFNO.C6H5BrFNO/c1-11-7-5(10)3-2-4(8)6(7)9;7-3-1-2-4(9)6(10)5(3)8/h2-3H,10H2,1H3;1-2,10H,9H2. The normalized spacial score (nSPS) is 9.76. The Morgan fingerprint density at radius 2 is 1.43 bits per heavy atom. The number of rotatable bonds is 1. The van der Waals surface area contributed by atoms with Gasteiger partial charge in [0.25, 0.3) is 0 Å². The van der Waals surface area contributed by atoms with Crippen LogP contribution in [-0.4, -0.2) is 12.2 Å². The number of methoxy groups -OCH3 is 1. The molecule has 0 aromatic heterocycles. The molecule has 4 nitrogen and oxygen atoms in total. The molecule has 0 saturated carbocycles. The van der Waals surface area contributed by atoms with Crippen LogP contribution in [0.1, 0.15) is 0 Å². The van der Waals surface area contributed by atoms with Gasteiger partial charge in [-0.3, -0.25) is 0 Å². The zero-order valence-electron chi connectivity index (χ0n) is 10.8. The van der Waals surface area contributed by atoms with E-state index in [4.69, 9.17) is 21.3 Å². The van der Waals surface area contributed by atoms with Crippen LogP contribution in [0.4, 0.5) is 20.2 Å². The van der Waals surface area contributed by atoms with Crippen LogP contribution in [0.15, 0.2) is 33.2 Å². The van der Waals surface area contributed by atoms with Crippen molar-refractivity contribution in [2.75, 3.05) is 18.6 Å². The molecule has 0 saturated heterocycles. The fourth-order valence-corrected chi connectivity index (χ4v) is 1.94. The lowest BCUT2D eigenvalue weighted by Crippen LogP contribution is -1.95. The predicted molar refractivity (Wildman–Crippen MR) is 85.2 cm³/mol. The highest BCUT2D eigenvalue weighted by molar-refractivity contribution is 9.10. The van der Waals surface area contributed by atoms with E-state index in [0.29, 0.717) is 10.2 Å². The molecule has 0 aliphatic rings. The van der Waals surface area contributed by atoms with Crippen molar-refractivity contribution in [2.24, 2.45) is 0 Å². The van der Waals surface area contributed by atoms with E-state index >= 15 is 0 Å². The quantitative estimate of drug-likeness (QED) is 0.475. The number of anilines is 2. The molecule has 0 aliphatic heterocycles. The molecule has 2 aromatic rings. The molecule has 0 aliphatic carbocycles. The van der Waals surface area contributed by atoms with Gasteiger partial charge in [-0.15, -0.1) is 0 Å². The smallest absolute Gasteiger partial charge is 0.181 e. The number of halogens is 4. The van der Waals surface area contributed by atoms with E-state index in [1.165, 1.54) is 25.3 Å². The van der Waals surface area contributed by atoms with Gasteiger partial charge in [0.1, 0.15) is 0 Å². The lowest BCUT2D eigenvalue weighted by Gasteiger charge is -2.05. The van der Waals surface area contributed by atoms with Crippen LogP contribution in [0.5, 0.6) is 11.5 Å². The molecule has 0 unspecified atom stereocenters. The monoisotopic (exact) mass is 424 g/mol. The predicted octanol–water partition coefficient (Wildman–Crippen LogP) is 4.06. The van der Waals surface area contributed by atoms with Crippen molar-refractivity contribution < 1.29 is 18.6 Å². The van der Waals surface area contributed by atoms with Gasteiger partial charge in [0.2, 0.25) is 0 Å². The summed E-state index contributed by atoms with van der Waals surface area (Å²) in [5.41, 5.74) is 10.9. The summed E-state index contributed by atoms with van der Waals surface area (Å²) >= 11 is 5.90. The first-order chi connectivity index (χ1) is 9.79. The van der Waals surface area contributed by atoms with Gasteiger partial charge in [0, 0.05) is 0 Å². The minimum Gasteiger partial charge on any atom is -0.503 e. The molecule has 0 bridgehead atoms. The van der Waals surface area contributed by atoms with Crippen LogP contribution in [0.3, 0.4) is 0 Å². The van der Waals surface area contributed by atoms with E-state index in [9.17, 15) is 8.78 Å². The first kappa shape index (κ1) is 17.5. The maximum Gasteiger partial charge on any atom is 0.181 e. The van der Waals surface area contributed by atoms with Gasteiger partial charge in [0.15, 0.2) is 23.1 Å². The summed E-state index contributed by atoms with van der Waals surface area (Å²) in [6, 6.07) is 5.96. The number of aromatic hydroxyl groups is 1. The Bertz CT molecular complexity index is 628. The third-order valence-electron chi connectivity index (χ3n) is 2.38. The van der Waals surface area contributed by atoms with Crippen molar-refractivity contribution in [3.8, 4) is 11.5 Å². The number of nitrogen functional groups attached to an aromatic ring is 2. The van der Waals surface area contributed by atoms with Gasteiger partial charge < -0.3 is 21.3 Å². The van der Waals surface area contributed by atoms with Crippen molar-refractivity contribution in [3.05, 3.63) is 44.8 Å². The SMILES string of the molecule is COc1c(N)ccc(Br)c1F.Nc1ccc(Br)c(F)c1O. The maximum atomic E-state index is 13.0. The second-order valence-corrected chi connectivity index (χ2v) is 5.49. The number of hydrogen-bond donors (Lipinski definition) is 3. The summed E-state index contributed by atoms with van der Waals surface area (Å²) < 4.78 is 30.9. The van der Waals surface area contributed by atoms with Crippen molar-refractivity contribution >= 4 is 43.2 Å². The van der Waals surface area contributed by atoms with Gasteiger partial charge in [-0.1, -0.05) is 0 Å². The van der Waals surface area contributed by atoms with Gasteiger partial charge in [-0.05, 0) is 56.1 Å². The van der Waals surface area contributed by atoms with Crippen molar-refractivity contribution in [1.82, 2.24) is 0 Å². The fraction of sp³-hybridized carbons (Fsp3) is 0.0769.